The van der Waals surface area contributed by atoms with Crippen LogP contribution in [0.1, 0.15) is 133 Å². The Morgan fingerprint density at radius 2 is 1.60 bits per heavy atom. The molecular formula is C42H62O8. The molecule has 3 heterocycles. The molecule has 0 spiro atoms. The lowest BCUT2D eigenvalue weighted by molar-refractivity contribution is -0.216. The van der Waals surface area contributed by atoms with Gasteiger partial charge in [0.25, 0.3) is 0 Å². The van der Waals surface area contributed by atoms with Crippen LogP contribution in [0.5, 0.6) is 0 Å². The van der Waals surface area contributed by atoms with E-state index in [0.717, 1.165) is 34.3 Å². The third-order valence-electron chi connectivity index (χ3n) is 12.8. The normalized spacial score (nSPS) is 43.7. The maximum Gasteiger partial charge on any atom is 0.314 e. The zero-order valence-electron chi connectivity index (χ0n) is 32.0. The van der Waals surface area contributed by atoms with Gasteiger partial charge in [-0.25, -0.2) is 0 Å². The minimum absolute atomic E-state index is 0.0208. The van der Waals surface area contributed by atoms with Crippen molar-refractivity contribution in [1.29, 1.82) is 0 Å². The van der Waals surface area contributed by atoms with Gasteiger partial charge < -0.3 is 24.4 Å². The SMILES string of the molecule is CC(=O)O[C@H]1C/C(C)=C/CC/C(C)=C/C(=O)C[C@@]23C(=O)O[C@H]([C@H]1C(C)C)[C@@H]2CC(C)=C1CC[C@@](C)(O)[C@@H]2CC[C@](C)(O)[C@@H](CC/C(C)=C/[C@@H]13)O2. The maximum absolute atomic E-state index is 14.9. The average Bonchev–Trinajstić information content (AvgIpc) is 3.25. The van der Waals surface area contributed by atoms with Crippen LogP contribution in [0.15, 0.2) is 46.1 Å². The number of rotatable bonds is 2. The molecule has 0 aromatic heterocycles. The van der Waals surface area contributed by atoms with Crippen molar-refractivity contribution in [1.82, 2.24) is 0 Å². The number of ether oxygens (including phenoxy) is 3. The van der Waals surface area contributed by atoms with Gasteiger partial charge in [-0.1, -0.05) is 53.9 Å². The van der Waals surface area contributed by atoms with Gasteiger partial charge in [0.15, 0.2) is 5.78 Å². The molecule has 0 unspecified atom stereocenters. The third-order valence-corrected chi connectivity index (χ3v) is 12.8. The molecule has 5 rings (SSSR count). The summed E-state index contributed by atoms with van der Waals surface area (Å²) in [7, 11) is 0. The van der Waals surface area contributed by atoms with Crippen molar-refractivity contribution in [3.63, 3.8) is 0 Å². The average molecular weight is 695 g/mol. The molecule has 50 heavy (non-hydrogen) atoms. The van der Waals surface area contributed by atoms with Crippen LogP contribution < -0.4 is 0 Å². The standard InChI is InChI=1S/C42H62O8/c1-24(2)37-34(48-29(7)43)21-26(4)12-10-11-25(3)19-30(44)23-42-32-20-27(5)13-14-35-41(9,47)18-16-36(49-35)40(8,46)17-15-31(32)28(6)22-33(42)38(37)50-39(42)45/h12,19-20,24,32-38,46-47H,10-11,13-18,21-23H2,1-9H3/b25-19+,26-12+,27-20+/t32-,33-,34-,35+,36-,37-,38-,40+,41-,42-/m0/s1. The fourth-order valence-electron chi connectivity index (χ4n) is 9.96. The van der Waals surface area contributed by atoms with E-state index in [1.54, 1.807) is 6.08 Å². The lowest BCUT2D eigenvalue weighted by Crippen LogP contribution is -2.54. The van der Waals surface area contributed by atoms with Gasteiger partial charge in [-0.2, -0.15) is 0 Å². The predicted molar refractivity (Wildman–Crippen MR) is 193 cm³/mol. The van der Waals surface area contributed by atoms with Crippen LogP contribution in [0.2, 0.25) is 0 Å². The number of hydrogen-bond donors (Lipinski definition) is 2. The summed E-state index contributed by atoms with van der Waals surface area (Å²) in [4.78, 5) is 41.6. The molecule has 0 saturated carbocycles. The first kappa shape index (κ1) is 38.7. The van der Waals surface area contributed by atoms with E-state index in [4.69, 9.17) is 14.2 Å². The highest BCUT2D eigenvalue weighted by Gasteiger charge is 2.65. The fourth-order valence-corrected chi connectivity index (χ4v) is 9.96. The largest absolute Gasteiger partial charge is 0.462 e. The Kier molecular flexibility index (Phi) is 11.5. The molecule has 2 aliphatic carbocycles. The summed E-state index contributed by atoms with van der Waals surface area (Å²) in [6.07, 6.45) is 10.1. The molecule has 4 bridgehead atoms. The highest BCUT2D eigenvalue weighted by atomic mass is 16.6. The van der Waals surface area contributed by atoms with Gasteiger partial charge in [-0.3, -0.25) is 14.4 Å². The molecular weight excluding hydrogens is 632 g/mol. The van der Waals surface area contributed by atoms with Gasteiger partial charge in [0, 0.05) is 37.5 Å². The van der Waals surface area contributed by atoms with Gasteiger partial charge >= 0.3 is 11.9 Å². The monoisotopic (exact) mass is 694 g/mol. The molecule has 2 fully saturated rings. The summed E-state index contributed by atoms with van der Waals surface area (Å²) in [6.45, 7) is 17.5. The number of ketones is 1. The molecule has 0 amide bonds. The molecule has 2 saturated heterocycles. The van der Waals surface area contributed by atoms with Crippen LogP contribution in [0, 0.1) is 29.1 Å². The molecule has 0 aromatic rings. The molecule has 0 radical (unpaired) electrons. The second kappa shape index (κ2) is 14.8. The number of fused-ring (bicyclic) bond motifs is 3. The van der Waals surface area contributed by atoms with Crippen molar-refractivity contribution in [3.05, 3.63) is 46.1 Å². The van der Waals surface area contributed by atoms with Crippen LogP contribution in [-0.2, 0) is 28.6 Å². The van der Waals surface area contributed by atoms with E-state index in [2.05, 4.69) is 46.8 Å². The Morgan fingerprint density at radius 1 is 0.920 bits per heavy atom. The van der Waals surface area contributed by atoms with Crippen LogP contribution in [0.25, 0.3) is 0 Å². The number of hydrogen-bond acceptors (Lipinski definition) is 8. The van der Waals surface area contributed by atoms with E-state index in [1.807, 2.05) is 20.8 Å². The molecule has 10 atom stereocenters. The summed E-state index contributed by atoms with van der Waals surface area (Å²) in [5.41, 5.74) is 2.06. The number of allylic oxidation sites excluding steroid dienone is 7. The molecule has 5 aliphatic rings. The zero-order valence-corrected chi connectivity index (χ0v) is 32.0. The minimum atomic E-state index is -1.16. The number of carbonyl (C=O) groups is 3. The van der Waals surface area contributed by atoms with Crippen molar-refractivity contribution in [2.75, 3.05) is 0 Å². The van der Waals surface area contributed by atoms with Crippen molar-refractivity contribution in [3.8, 4) is 0 Å². The number of carbonyl (C=O) groups excluding carboxylic acids is 3. The van der Waals surface area contributed by atoms with Crippen molar-refractivity contribution in [2.24, 2.45) is 29.1 Å². The summed E-state index contributed by atoms with van der Waals surface area (Å²) in [5, 5.41) is 23.2. The lowest BCUT2D eigenvalue weighted by Gasteiger charge is -2.48. The van der Waals surface area contributed by atoms with Gasteiger partial charge in [0.05, 0.1) is 28.8 Å². The van der Waals surface area contributed by atoms with E-state index in [0.29, 0.717) is 57.8 Å². The molecule has 0 aromatic carbocycles. The van der Waals surface area contributed by atoms with E-state index in [9.17, 15) is 24.6 Å². The van der Waals surface area contributed by atoms with E-state index in [1.165, 1.54) is 6.92 Å². The Hall–Kier alpha value is -2.55. The van der Waals surface area contributed by atoms with Crippen LogP contribution in [-0.4, -0.2) is 63.6 Å². The van der Waals surface area contributed by atoms with Gasteiger partial charge in [-0.15, -0.1) is 0 Å². The van der Waals surface area contributed by atoms with E-state index in [-0.39, 0.29) is 41.9 Å². The second-order valence-corrected chi connectivity index (χ2v) is 17.3. The van der Waals surface area contributed by atoms with Crippen LogP contribution in [0.3, 0.4) is 0 Å². The van der Waals surface area contributed by atoms with E-state index < -0.39 is 47.0 Å². The topological polar surface area (TPSA) is 119 Å². The van der Waals surface area contributed by atoms with Crippen molar-refractivity contribution in [2.45, 2.75) is 169 Å². The highest BCUT2D eigenvalue weighted by molar-refractivity contribution is 5.96. The zero-order chi connectivity index (χ0) is 36.8. The predicted octanol–water partition coefficient (Wildman–Crippen LogP) is 7.66. The van der Waals surface area contributed by atoms with Crippen LogP contribution in [0.4, 0.5) is 0 Å². The van der Waals surface area contributed by atoms with Crippen molar-refractivity contribution >= 4 is 17.7 Å². The smallest absolute Gasteiger partial charge is 0.314 e. The summed E-state index contributed by atoms with van der Waals surface area (Å²) < 4.78 is 19.1. The van der Waals surface area contributed by atoms with Gasteiger partial charge in [0.1, 0.15) is 12.2 Å². The third kappa shape index (κ3) is 7.78. The molecule has 8 nitrogen and oxygen atoms in total. The lowest BCUT2D eigenvalue weighted by atomic mass is 9.53. The Balaban J connectivity index is 1.70. The van der Waals surface area contributed by atoms with E-state index >= 15 is 0 Å². The van der Waals surface area contributed by atoms with Gasteiger partial charge in [-0.05, 0) is 111 Å². The highest BCUT2D eigenvalue weighted by Crippen LogP contribution is 2.61. The molecule has 2 N–H and O–H groups in total. The first-order chi connectivity index (χ1) is 23.4. The second-order valence-electron chi connectivity index (χ2n) is 17.3. The minimum Gasteiger partial charge on any atom is -0.462 e. The first-order valence-electron chi connectivity index (χ1n) is 19.1. The molecule has 278 valence electrons. The quantitative estimate of drug-likeness (QED) is 0.223. The summed E-state index contributed by atoms with van der Waals surface area (Å²) >= 11 is 0. The molecule has 8 heteroatoms. The van der Waals surface area contributed by atoms with Crippen LogP contribution >= 0.6 is 0 Å². The fraction of sp³-hybridized carbons (Fsp3) is 0.738. The first-order valence-corrected chi connectivity index (χ1v) is 19.1. The van der Waals surface area contributed by atoms with Crippen molar-refractivity contribution < 1.29 is 38.8 Å². The summed E-state index contributed by atoms with van der Waals surface area (Å²) in [6, 6.07) is 0. The Labute approximate surface area is 299 Å². The molecule has 3 aliphatic heterocycles. The Bertz CT molecular complexity index is 1460. The number of esters is 2. The maximum atomic E-state index is 14.9. The van der Waals surface area contributed by atoms with Gasteiger partial charge in [0.2, 0.25) is 0 Å². The Morgan fingerprint density at radius 3 is 2.28 bits per heavy atom. The summed E-state index contributed by atoms with van der Waals surface area (Å²) in [5.74, 6) is -1.79. The number of aliphatic hydroxyl groups is 2.